The Kier molecular flexibility index (Phi) is 3.52. The van der Waals surface area contributed by atoms with E-state index in [1.54, 1.807) is 0 Å². The van der Waals surface area contributed by atoms with Crippen LogP contribution in [0.1, 0.15) is 17.9 Å². The van der Waals surface area contributed by atoms with Crippen molar-refractivity contribution in [2.75, 3.05) is 13.6 Å². The molecule has 0 aliphatic carbocycles. The summed E-state index contributed by atoms with van der Waals surface area (Å²) in [7, 11) is 2.03. The molecule has 3 atom stereocenters. The summed E-state index contributed by atoms with van der Waals surface area (Å²) in [6.45, 7) is 1.01. The lowest BCUT2D eigenvalue weighted by molar-refractivity contribution is 0.193. The minimum atomic E-state index is -0.0236. The number of likely N-dealkylation sites (tertiary alicyclic amines) is 1. The van der Waals surface area contributed by atoms with Gasteiger partial charge in [-0.15, -0.1) is 0 Å². The summed E-state index contributed by atoms with van der Waals surface area (Å²) in [5.41, 5.74) is 1.27. The minimum Gasteiger partial charge on any atom is -0.294 e. The molecule has 0 radical (unpaired) electrons. The monoisotopic (exact) mass is 232 g/mol. The molecule has 3 unspecified atom stereocenters. The van der Waals surface area contributed by atoms with Crippen molar-refractivity contribution in [3.8, 4) is 6.07 Å². The van der Waals surface area contributed by atoms with Gasteiger partial charge in [-0.1, -0.05) is 30.3 Å². The fourth-order valence-corrected chi connectivity index (χ4v) is 2.76. The summed E-state index contributed by atoms with van der Waals surface area (Å²) in [6, 6.07) is 12.7. The second-order valence-corrected chi connectivity index (χ2v) is 4.88. The number of thiol groups is 1. The van der Waals surface area contributed by atoms with Gasteiger partial charge in [-0.25, -0.2) is 0 Å². The quantitative estimate of drug-likeness (QED) is 0.753. The van der Waals surface area contributed by atoms with E-state index in [9.17, 15) is 5.26 Å². The van der Waals surface area contributed by atoms with Gasteiger partial charge in [0.2, 0.25) is 0 Å². The zero-order valence-electron chi connectivity index (χ0n) is 9.37. The van der Waals surface area contributed by atoms with Crippen LogP contribution in [0, 0.1) is 17.2 Å². The van der Waals surface area contributed by atoms with E-state index in [1.165, 1.54) is 5.56 Å². The van der Waals surface area contributed by atoms with Crippen LogP contribution in [0.5, 0.6) is 0 Å². The third-order valence-electron chi connectivity index (χ3n) is 3.38. The average Bonchev–Trinajstić information content (AvgIpc) is 2.33. The Bertz CT molecular complexity index is 385. The maximum atomic E-state index is 9.29. The summed E-state index contributed by atoms with van der Waals surface area (Å²) in [4.78, 5) is 2.15. The Hall–Kier alpha value is -0.980. The van der Waals surface area contributed by atoms with Crippen LogP contribution in [0.25, 0.3) is 0 Å². The molecule has 1 aromatic rings. The van der Waals surface area contributed by atoms with Crippen LogP contribution in [0.2, 0.25) is 0 Å². The number of nitriles is 1. The topological polar surface area (TPSA) is 27.0 Å². The van der Waals surface area contributed by atoms with Crippen molar-refractivity contribution in [1.82, 2.24) is 4.90 Å². The zero-order chi connectivity index (χ0) is 11.5. The van der Waals surface area contributed by atoms with E-state index in [0.717, 1.165) is 13.0 Å². The van der Waals surface area contributed by atoms with Crippen LogP contribution in [0.15, 0.2) is 30.3 Å². The molecule has 2 rings (SSSR count). The van der Waals surface area contributed by atoms with E-state index in [4.69, 9.17) is 0 Å². The van der Waals surface area contributed by atoms with Crippen molar-refractivity contribution in [1.29, 1.82) is 5.26 Å². The van der Waals surface area contributed by atoms with Crippen LogP contribution in [-0.2, 0) is 0 Å². The molecule has 1 saturated heterocycles. The second kappa shape index (κ2) is 4.90. The average molecular weight is 232 g/mol. The Morgan fingerprint density at radius 1 is 1.38 bits per heavy atom. The SMILES string of the molecule is CN1CCC(c2ccccc2)C(C#N)C1S. The molecule has 0 spiro atoms. The summed E-state index contributed by atoms with van der Waals surface area (Å²) >= 11 is 4.54. The zero-order valence-corrected chi connectivity index (χ0v) is 10.3. The third-order valence-corrected chi connectivity index (χ3v) is 4.09. The lowest BCUT2D eigenvalue weighted by Gasteiger charge is -2.38. The first-order valence-electron chi connectivity index (χ1n) is 5.57. The molecular weight excluding hydrogens is 216 g/mol. The number of rotatable bonds is 1. The lowest BCUT2D eigenvalue weighted by Crippen LogP contribution is -2.42. The summed E-state index contributed by atoms with van der Waals surface area (Å²) in [5.74, 6) is 0.300. The summed E-state index contributed by atoms with van der Waals surface area (Å²) in [6.07, 6.45) is 1.04. The Balaban J connectivity index is 2.25. The Morgan fingerprint density at radius 3 is 2.69 bits per heavy atom. The van der Waals surface area contributed by atoms with Gasteiger partial charge in [0.15, 0.2) is 0 Å². The fraction of sp³-hybridized carbons (Fsp3) is 0.462. The first kappa shape index (κ1) is 11.5. The van der Waals surface area contributed by atoms with Gasteiger partial charge in [0.05, 0.1) is 17.4 Å². The molecule has 0 bridgehead atoms. The van der Waals surface area contributed by atoms with Crippen molar-refractivity contribution >= 4 is 12.6 Å². The molecule has 16 heavy (non-hydrogen) atoms. The van der Waals surface area contributed by atoms with Crippen molar-refractivity contribution in [2.45, 2.75) is 17.7 Å². The van der Waals surface area contributed by atoms with E-state index >= 15 is 0 Å². The number of hydrogen-bond acceptors (Lipinski definition) is 3. The third kappa shape index (κ3) is 2.09. The van der Waals surface area contributed by atoms with Crippen molar-refractivity contribution in [2.24, 2.45) is 5.92 Å². The molecule has 0 N–H and O–H groups in total. The Morgan fingerprint density at radius 2 is 2.06 bits per heavy atom. The number of piperidine rings is 1. The first-order valence-corrected chi connectivity index (χ1v) is 6.08. The molecule has 1 fully saturated rings. The highest BCUT2D eigenvalue weighted by atomic mass is 32.1. The van der Waals surface area contributed by atoms with Gasteiger partial charge >= 0.3 is 0 Å². The summed E-state index contributed by atoms with van der Waals surface area (Å²) in [5, 5.41) is 9.33. The van der Waals surface area contributed by atoms with Gasteiger partial charge in [0.25, 0.3) is 0 Å². The normalized spacial score (nSPS) is 30.9. The van der Waals surface area contributed by atoms with Gasteiger partial charge in [0, 0.05) is 5.92 Å². The maximum Gasteiger partial charge on any atom is 0.0778 e. The van der Waals surface area contributed by atoms with E-state index in [0.29, 0.717) is 5.92 Å². The highest BCUT2D eigenvalue weighted by molar-refractivity contribution is 7.80. The predicted octanol–water partition coefficient (Wildman–Crippen LogP) is 2.50. The molecule has 0 saturated carbocycles. The van der Waals surface area contributed by atoms with Gasteiger partial charge in [-0.3, -0.25) is 4.90 Å². The Labute approximate surface area is 102 Å². The molecule has 0 aromatic heterocycles. The van der Waals surface area contributed by atoms with Crippen LogP contribution in [-0.4, -0.2) is 23.9 Å². The highest BCUT2D eigenvalue weighted by Gasteiger charge is 2.35. The van der Waals surface area contributed by atoms with Gasteiger partial charge in [-0.05, 0) is 25.6 Å². The molecule has 2 nitrogen and oxygen atoms in total. The molecule has 0 amide bonds. The molecule has 1 aliphatic heterocycles. The maximum absolute atomic E-state index is 9.29. The van der Waals surface area contributed by atoms with E-state index in [2.05, 4.69) is 35.7 Å². The highest BCUT2D eigenvalue weighted by Crippen LogP contribution is 2.37. The molecule has 1 aliphatic rings. The number of benzene rings is 1. The van der Waals surface area contributed by atoms with Crippen molar-refractivity contribution in [3.05, 3.63) is 35.9 Å². The molecule has 1 heterocycles. The van der Waals surface area contributed by atoms with Crippen LogP contribution in [0.4, 0.5) is 0 Å². The van der Waals surface area contributed by atoms with Crippen molar-refractivity contribution in [3.63, 3.8) is 0 Å². The van der Waals surface area contributed by atoms with Crippen LogP contribution < -0.4 is 0 Å². The molecule has 84 valence electrons. The van der Waals surface area contributed by atoms with Gasteiger partial charge < -0.3 is 0 Å². The fourth-order valence-electron chi connectivity index (χ4n) is 2.37. The van der Waals surface area contributed by atoms with Crippen LogP contribution in [0.3, 0.4) is 0 Å². The van der Waals surface area contributed by atoms with Gasteiger partial charge in [0.1, 0.15) is 0 Å². The van der Waals surface area contributed by atoms with E-state index < -0.39 is 0 Å². The smallest absolute Gasteiger partial charge is 0.0778 e. The molecule has 1 aromatic carbocycles. The standard InChI is InChI=1S/C13H16N2S/c1-15-8-7-11(12(9-14)13(15)16)10-5-3-2-4-6-10/h2-6,11-13,16H,7-8H2,1H3. The number of hydrogen-bond donors (Lipinski definition) is 1. The largest absolute Gasteiger partial charge is 0.294 e. The predicted molar refractivity (Wildman–Crippen MR) is 68.3 cm³/mol. The van der Waals surface area contributed by atoms with Gasteiger partial charge in [-0.2, -0.15) is 17.9 Å². The minimum absolute atomic E-state index is 0.0236. The molecular formula is C13H16N2S. The summed E-state index contributed by atoms with van der Waals surface area (Å²) < 4.78 is 0. The lowest BCUT2D eigenvalue weighted by atomic mass is 9.81. The second-order valence-electron chi connectivity index (χ2n) is 4.35. The molecule has 3 heteroatoms. The first-order chi connectivity index (χ1) is 7.74. The van der Waals surface area contributed by atoms with Crippen molar-refractivity contribution < 1.29 is 0 Å². The van der Waals surface area contributed by atoms with E-state index in [-0.39, 0.29) is 11.3 Å². The number of nitrogens with zero attached hydrogens (tertiary/aromatic N) is 2. The van der Waals surface area contributed by atoms with E-state index in [1.807, 2.05) is 25.2 Å². The van der Waals surface area contributed by atoms with Crippen LogP contribution >= 0.6 is 12.6 Å².